The molecule has 2 aromatic carbocycles. The first kappa shape index (κ1) is 17.4. The Morgan fingerprint density at radius 2 is 2.04 bits per heavy atom. The highest BCUT2D eigenvalue weighted by molar-refractivity contribution is 5.95. The van der Waals surface area contributed by atoms with Gasteiger partial charge in [0.2, 0.25) is 5.91 Å². The molecule has 27 heavy (non-hydrogen) atoms. The van der Waals surface area contributed by atoms with Crippen molar-refractivity contribution >= 4 is 11.6 Å². The maximum Gasteiger partial charge on any atom is 0.241 e. The Kier molecular flexibility index (Phi) is 4.98. The van der Waals surface area contributed by atoms with Crippen LogP contribution in [0.3, 0.4) is 0 Å². The molecule has 1 aromatic heterocycles. The molecule has 1 amide bonds. The van der Waals surface area contributed by atoms with Crippen LogP contribution in [0.15, 0.2) is 67.0 Å². The lowest BCUT2D eigenvalue weighted by Gasteiger charge is -2.24. The predicted molar refractivity (Wildman–Crippen MR) is 102 cm³/mol. The van der Waals surface area contributed by atoms with Gasteiger partial charge < -0.3 is 5.32 Å². The van der Waals surface area contributed by atoms with Crippen molar-refractivity contribution in [1.29, 1.82) is 0 Å². The van der Waals surface area contributed by atoms with Crippen molar-refractivity contribution in [1.82, 2.24) is 14.7 Å². The van der Waals surface area contributed by atoms with Crippen LogP contribution in [-0.4, -0.2) is 33.2 Å². The molecule has 6 heteroatoms. The molecule has 1 saturated heterocycles. The third-order valence-corrected chi connectivity index (χ3v) is 4.85. The molecular formula is C21H21FN4O. The van der Waals surface area contributed by atoms with Crippen LogP contribution in [0.2, 0.25) is 0 Å². The van der Waals surface area contributed by atoms with Gasteiger partial charge in [-0.2, -0.15) is 5.10 Å². The lowest BCUT2D eigenvalue weighted by molar-refractivity contribution is -0.120. The molecule has 2 heterocycles. The van der Waals surface area contributed by atoms with Gasteiger partial charge in [-0.15, -0.1) is 0 Å². The van der Waals surface area contributed by atoms with Gasteiger partial charge in [-0.3, -0.25) is 9.69 Å². The van der Waals surface area contributed by atoms with Crippen molar-refractivity contribution in [3.05, 3.63) is 78.4 Å². The zero-order valence-corrected chi connectivity index (χ0v) is 14.9. The molecule has 0 radical (unpaired) electrons. The molecule has 5 nitrogen and oxygen atoms in total. The topological polar surface area (TPSA) is 50.2 Å². The number of nitrogens with zero attached hydrogens (tertiary/aromatic N) is 3. The van der Waals surface area contributed by atoms with E-state index in [0.29, 0.717) is 6.54 Å². The molecular weight excluding hydrogens is 343 g/mol. The average Bonchev–Trinajstić information content (AvgIpc) is 3.36. The highest BCUT2D eigenvalue weighted by Crippen LogP contribution is 2.22. The first-order valence-corrected chi connectivity index (χ1v) is 9.08. The summed E-state index contributed by atoms with van der Waals surface area (Å²) < 4.78 is 14.9. The van der Waals surface area contributed by atoms with E-state index in [-0.39, 0.29) is 17.8 Å². The van der Waals surface area contributed by atoms with Crippen LogP contribution in [0.5, 0.6) is 0 Å². The zero-order valence-electron chi connectivity index (χ0n) is 14.9. The number of amides is 1. The lowest BCUT2D eigenvalue weighted by Crippen LogP contribution is -2.39. The summed E-state index contributed by atoms with van der Waals surface area (Å²) in [6.07, 6.45) is 5.39. The summed E-state index contributed by atoms with van der Waals surface area (Å²) in [6.45, 7) is 1.51. The van der Waals surface area contributed by atoms with Crippen molar-refractivity contribution < 1.29 is 9.18 Å². The molecule has 0 saturated carbocycles. The summed E-state index contributed by atoms with van der Waals surface area (Å²) in [6, 6.07) is 15.8. The Balaban J connectivity index is 1.44. The van der Waals surface area contributed by atoms with Crippen molar-refractivity contribution in [2.45, 2.75) is 25.4 Å². The molecule has 1 atom stereocenters. The van der Waals surface area contributed by atoms with Crippen LogP contribution in [0.25, 0.3) is 5.69 Å². The number of benzene rings is 2. The number of nitrogens with one attached hydrogen (secondary N) is 1. The Bertz CT molecular complexity index is 908. The molecule has 0 spiro atoms. The van der Waals surface area contributed by atoms with E-state index in [1.165, 1.54) is 12.1 Å². The number of hydrogen-bond donors (Lipinski definition) is 1. The molecule has 1 N–H and O–H groups in total. The first-order chi connectivity index (χ1) is 13.2. The molecule has 138 valence electrons. The minimum atomic E-state index is -0.244. The zero-order chi connectivity index (χ0) is 18.6. The van der Waals surface area contributed by atoms with Crippen LogP contribution in [0.1, 0.15) is 18.4 Å². The second kappa shape index (κ2) is 7.72. The summed E-state index contributed by atoms with van der Waals surface area (Å²) >= 11 is 0. The maximum absolute atomic E-state index is 13.1. The summed E-state index contributed by atoms with van der Waals surface area (Å²) in [5.41, 5.74) is 2.66. The minimum absolute atomic E-state index is 0.00720. The van der Waals surface area contributed by atoms with Crippen molar-refractivity contribution in [3.8, 4) is 5.69 Å². The number of anilines is 1. The van der Waals surface area contributed by atoms with E-state index in [0.717, 1.165) is 36.3 Å². The van der Waals surface area contributed by atoms with Crippen LogP contribution in [0, 0.1) is 5.82 Å². The van der Waals surface area contributed by atoms with E-state index >= 15 is 0 Å². The van der Waals surface area contributed by atoms with Crippen molar-refractivity contribution in [2.75, 3.05) is 11.9 Å². The van der Waals surface area contributed by atoms with Gasteiger partial charge in [0, 0.05) is 24.6 Å². The SMILES string of the molecule is O=C(Nc1cccc(-n2cccn2)c1)[C@H]1CCCN1Cc1ccc(F)cc1. The van der Waals surface area contributed by atoms with Crippen molar-refractivity contribution in [3.63, 3.8) is 0 Å². The minimum Gasteiger partial charge on any atom is -0.325 e. The normalized spacial score (nSPS) is 17.1. The number of likely N-dealkylation sites (tertiary alicyclic amines) is 1. The highest BCUT2D eigenvalue weighted by Gasteiger charge is 2.30. The molecule has 1 aliphatic heterocycles. The molecule has 1 fully saturated rings. The van der Waals surface area contributed by atoms with E-state index in [4.69, 9.17) is 0 Å². The van der Waals surface area contributed by atoms with Crippen LogP contribution in [-0.2, 0) is 11.3 Å². The Morgan fingerprint density at radius 1 is 1.19 bits per heavy atom. The standard InChI is InChI=1S/C21H21FN4O/c22-17-9-7-16(8-10-17)15-25-12-2-6-20(25)21(27)24-18-4-1-5-19(14-18)26-13-3-11-23-26/h1,3-5,7-11,13-14,20H,2,6,12,15H2,(H,24,27)/t20-/m1/s1. The van der Waals surface area contributed by atoms with Crippen LogP contribution in [0.4, 0.5) is 10.1 Å². The van der Waals surface area contributed by atoms with Gasteiger partial charge in [-0.05, 0) is 61.3 Å². The third kappa shape index (κ3) is 4.06. The van der Waals surface area contributed by atoms with Crippen LogP contribution < -0.4 is 5.32 Å². The first-order valence-electron chi connectivity index (χ1n) is 9.08. The van der Waals surface area contributed by atoms with Gasteiger partial charge in [-0.1, -0.05) is 18.2 Å². The number of hydrogen-bond acceptors (Lipinski definition) is 3. The third-order valence-electron chi connectivity index (χ3n) is 4.85. The second-order valence-corrected chi connectivity index (χ2v) is 6.75. The van der Waals surface area contributed by atoms with Crippen molar-refractivity contribution in [2.24, 2.45) is 0 Å². The Labute approximate surface area is 157 Å². The molecule has 0 unspecified atom stereocenters. The number of rotatable bonds is 5. The fourth-order valence-corrected chi connectivity index (χ4v) is 3.51. The fourth-order valence-electron chi connectivity index (χ4n) is 3.51. The molecule has 1 aliphatic rings. The van der Waals surface area contributed by atoms with Gasteiger partial charge >= 0.3 is 0 Å². The number of carbonyl (C=O) groups is 1. The maximum atomic E-state index is 13.1. The Morgan fingerprint density at radius 3 is 2.81 bits per heavy atom. The summed E-state index contributed by atoms with van der Waals surface area (Å²) in [4.78, 5) is 15.0. The van der Waals surface area contributed by atoms with Gasteiger partial charge in [0.1, 0.15) is 5.82 Å². The summed E-state index contributed by atoms with van der Waals surface area (Å²) in [5.74, 6) is -0.251. The fraction of sp³-hybridized carbons (Fsp3) is 0.238. The predicted octanol–water partition coefficient (Wildman–Crippen LogP) is 3.61. The lowest BCUT2D eigenvalue weighted by atomic mass is 10.1. The molecule has 0 aliphatic carbocycles. The van der Waals surface area contributed by atoms with E-state index in [1.54, 1.807) is 23.0 Å². The highest BCUT2D eigenvalue weighted by atomic mass is 19.1. The number of carbonyl (C=O) groups excluding carboxylic acids is 1. The van der Waals surface area contributed by atoms with E-state index in [1.807, 2.05) is 36.5 Å². The molecule has 4 rings (SSSR count). The van der Waals surface area contributed by atoms with Gasteiger partial charge in [0.25, 0.3) is 0 Å². The van der Waals surface area contributed by atoms with E-state index < -0.39 is 0 Å². The smallest absolute Gasteiger partial charge is 0.241 e. The monoisotopic (exact) mass is 364 g/mol. The second-order valence-electron chi connectivity index (χ2n) is 6.75. The van der Waals surface area contributed by atoms with Gasteiger partial charge in [-0.25, -0.2) is 9.07 Å². The molecule has 3 aromatic rings. The summed E-state index contributed by atoms with van der Waals surface area (Å²) in [7, 11) is 0. The summed E-state index contributed by atoms with van der Waals surface area (Å²) in [5, 5.41) is 7.25. The van der Waals surface area contributed by atoms with Crippen LogP contribution >= 0.6 is 0 Å². The Hall–Kier alpha value is -2.99. The van der Waals surface area contributed by atoms with Gasteiger partial charge in [0.15, 0.2) is 0 Å². The quantitative estimate of drug-likeness (QED) is 0.752. The largest absolute Gasteiger partial charge is 0.325 e. The van der Waals surface area contributed by atoms with Gasteiger partial charge in [0.05, 0.1) is 11.7 Å². The average molecular weight is 364 g/mol. The van der Waals surface area contributed by atoms with E-state index in [2.05, 4.69) is 15.3 Å². The number of aromatic nitrogens is 2. The van der Waals surface area contributed by atoms with E-state index in [9.17, 15) is 9.18 Å². The molecule has 0 bridgehead atoms. The number of halogens is 1.